The van der Waals surface area contributed by atoms with Crippen LogP contribution in [0.15, 0.2) is 76.7 Å². The van der Waals surface area contributed by atoms with E-state index in [9.17, 15) is 8.42 Å². The zero-order valence-electron chi connectivity index (χ0n) is 17.3. The Hall–Kier alpha value is -2.25. The molecule has 1 aliphatic heterocycles. The second kappa shape index (κ2) is 8.94. The molecule has 9 heteroatoms. The smallest absolute Gasteiger partial charge is 0.279 e. The van der Waals surface area contributed by atoms with Gasteiger partial charge in [-0.2, -0.15) is 17.9 Å². The molecular weight excluding hydrogens is 489 g/mol. The van der Waals surface area contributed by atoms with Gasteiger partial charge in [-0.3, -0.25) is 0 Å². The van der Waals surface area contributed by atoms with Crippen molar-refractivity contribution in [2.24, 2.45) is 5.10 Å². The quantitative estimate of drug-likeness (QED) is 0.431. The Morgan fingerprint density at radius 2 is 1.56 bits per heavy atom. The highest BCUT2D eigenvalue weighted by molar-refractivity contribution is 7.89. The van der Waals surface area contributed by atoms with Crippen molar-refractivity contribution in [2.75, 3.05) is 25.5 Å². The molecule has 0 radical (unpaired) electrons. The lowest BCUT2D eigenvalue weighted by Gasteiger charge is -2.18. The molecule has 0 aliphatic carbocycles. The third kappa shape index (κ3) is 4.46. The van der Waals surface area contributed by atoms with Gasteiger partial charge in [-0.1, -0.05) is 53.0 Å². The predicted molar refractivity (Wildman–Crippen MR) is 132 cm³/mol. The topological polar surface area (TPSA) is 53.0 Å². The molecule has 0 fully saturated rings. The molecular formula is C23H20Cl3N3O2S. The lowest BCUT2D eigenvalue weighted by Crippen LogP contribution is -2.26. The second-order valence-electron chi connectivity index (χ2n) is 7.62. The molecule has 0 saturated carbocycles. The summed E-state index contributed by atoms with van der Waals surface area (Å²) >= 11 is 18.3. The summed E-state index contributed by atoms with van der Waals surface area (Å²) in [6, 6.07) is 19.2. The number of halogens is 3. The van der Waals surface area contributed by atoms with E-state index in [1.54, 1.807) is 30.3 Å². The Bertz CT molecular complexity index is 1270. The molecule has 0 saturated heterocycles. The minimum absolute atomic E-state index is 0.128. The first-order chi connectivity index (χ1) is 15.2. The fourth-order valence-corrected chi connectivity index (χ4v) is 5.22. The Morgan fingerprint density at radius 3 is 2.16 bits per heavy atom. The van der Waals surface area contributed by atoms with E-state index in [2.05, 4.69) is 5.10 Å². The average Bonchev–Trinajstić information content (AvgIpc) is 3.22. The second-order valence-corrected chi connectivity index (χ2v) is 10.7. The van der Waals surface area contributed by atoms with Crippen molar-refractivity contribution >= 4 is 56.2 Å². The van der Waals surface area contributed by atoms with Crippen LogP contribution in [0.2, 0.25) is 15.1 Å². The maximum Gasteiger partial charge on any atom is 0.279 e. The van der Waals surface area contributed by atoms with Crippen LogP contribution in [0, 0.1) is 0 Å². The van der Waals surface area contributed by atoms with Gasteiger partial charge in [-0.15, -0.1) is 0 Å². The molecule has 1 aliphatic rings. The summed E-state index contributed by atoms with van der Waals surface area (Å²) in [6.07, 6.45) is 0. The first-order valence-electron chi connectivity index (χ1n) is 9.76. The van der Waals surface area contributed by atoms with E-state index >= 15 is 0 Å². The maximum atomic E-state index is 13.3. The number of anilines is 1. The SMILES string of the molecule is CN(C)c1ccc(C2CN(S(=O)(=O)c3ccc(Cl)cc3)N=C2c2ccc(Cl)c(Cl)c2)cc1. The highest BCUT2D eigenvalue weighted by atomic mass is 35.5. The molecule has 1 atom stereocenters. The molecule has 3 aromatic rings. The normalized spacial score (nSPS) is 16.2. The van der Waals surface area contributed by atoms with Crippen LogP contribution in [0.4, 0.5) is 5.69 Å². The largest absolute Gasteiger partial charge is 0.378 e. The maximum absolute atomic E-state index is 13.3. The van der Waals surface area contributed by atoms with Gasteiger partial charge in [0.1, 0.15) is 0 Å². The summed E-state index contributed by atoms with van der Waals surface area (Å²) in [4.78, 5) is 2.13. The highest BCUT2D eigenvalue weighted by Gasteiger charge is 2.36. The van der Waals surface area contributed by atoms with Crippen molar-refractivity contribution in [1.29, 1.82) is 0 Å². The number of sulfonamides is 1. The van der Waals surface area contributed by atoms with Crippen molar-refractivity contribution in [3.63, 3.8) is 0 Å². The van der Waals surface area contributed by atoms with Crippen molar-refractivity contribution in [2.45, 2.75) is 10.8 Å². The number of hydrazone groups is 1. The van der Waals surface area contributed by atoms with Crippen molar-refractivity contribution in [1.82, 2.24) is 4.41 Å². The molecule has 32 heavy (non-hydrogen) atoms. The summed E-state index contributed by atoms with van der Waals surface area (Å²) < 4.78 is 27.7. The third-order valence-corrected chi connectivity index (χ3v) is 7.95. The van der Waals surface area contributed by atoms with Crippen molar-refractivity contribution in [3.8, 4) is 0 Å². The van der Waals surface area contributed by atoms with Crippen LogP contribution in [-0.2, 0) is 10.0 Å². The third-order valence-electron chi connectivity index (χ3n) is 5.30. The first kappa shape index (κ1) is 22.9. The fraction of sp³-hybridized carbons (Fsp3) is 0.174. The fourth-order valence-electron chi connectivity index (χ4n) is 3.54. The summed E-state index contributed by atoms with van der Waals surface area (Å²) in [5, 5.41) is 5.80. The van der Waals surface area contributed by atoms with E-state index in [0.717, 1.165) is 21.2 Å². The average molecular weight is 509 g/mol. The summed E-state index contributed by atoms with van der Waals surface area (Å²) in [7, 11) is 0.0745. The standard InChI is InChI=1S/C23H20Cl3N3O2S/c1-28(2)18-8-3-15(4-9-18)20-14-29(32(30,31)19-10-6-17(24)7-11-19)27-23(20)16-5-12-21(25)22(26)13-16/h3-13,20H,14H2,1-2H3. The molecule has 3 aromatic carbocycles. The van der Waals surface area contributed by atoms with Gasteiger partial charge in [-0.05, 0) is 54.1 Å². The van der Waals surface area contributed by atoms with Crippen LogP contribution < -0.4 is 4.90 Å². The summed E-state index contributed by atoms with van der Waals surface area (Å²) in [6.45, 7) is 0.169. The van der Waals surface area contributed by atoms with Crippen LogP contribution in [0.25, 0.3) is 0 Å². The molecule has 0 bridgehead atoms. The molecule has 0 amide bonds. The predicted octanol–water partition coefficient (Wildman–Crippen LogP) is 5.91. The number of nitrogens with zero attached hydrogens (tertiary/aromatic N) is 3. The molecule has 4 rings (SSSR count). The summed E-state index contributed by atoms with van der Waals surface area (Å²) in [5.41, 5.74) is 3.33. The van der Waals surface area contributed by atoms with Gasteiger partial charge < -0.3 is 4.90 Å². The molecule has 0 spiro atoms. The van der Waals surface area contributed by atoms with Crippen LogP contribution in [-0.4, -0.2) is 39.2 Å². The van der Waals surface area contributed by atoms with Gasteiger partial charge in [0.2, 0.25) is 0 Å². The summed E-state index contributed by atoms with van der Waals surface area (Å²) in [5.74, 6) is -0.273. The Balaban J connectivity index is 1.78. The van der Waals surface area contributed by atoms with Crippen LogP contribution >= 0.6 is 34.8 Å². The van der Waals surface area contributed by atoms with Gasteiger partial charge in [0.15, 0.2) is 0 Å². The molecule has 1 heterocycles. The Labute approximate surface area is 202 Å². The van der Waals surface area contributed by atoms with E-state index in [-0.39, 0.29) is 17.4 Å². The van der Waals surface area contributed by atoms with E-state index in [4.69, 9.17) is 34.8 Å². The van der Waals surface area contributed by atoms with Gasteiger partial charge in [0.05, 0.1) is 27.2 Å². The number of benzene rings is 3. The highest BCUT2D eigenvalue weighted by Crippen LogP contribution is 2.34. The van der Waals surface area contributed by atoms with Gasteiger partial charge in [0.25, 0.3) is 10.0 Å². The lowest BCUT2D eigenvalue weighted by atomic mass is 9.90. The Kier molecular flexibility index (Phi) is 6.41. The number of hydrogen-bond acceptors (Lipinski definition) is 4. The zero-order valence-corrected chi connectivity index (χ0v) is 20.4. The molecule has 166 valence electrons. The van der Waals surface area contributed by atoms with E-state index in [1.807, 2.05) is 43.3 Å². The van der Waals surface area contributed by atoms with Crippen LogP contribution in [0.1, 0.15) is 17.0 Å². The molecule has 0 N–H and O–H groups in total. The lowest BCUT2D eigenvalue weighted by molar-refractivity contribution is 0.451. The van der Waals surface area contributed by atoms with Gasteiger partial charge in [-0.25, -0.2) is 0 Å². The van der Waals surface area contributed by atoms with E-state index in [1.165, 1.54) is 12.1 Å². The van der Waals surface area contributed by atoms with Crippen molar-refractivity contribution in [3.05, 3.63) is 92.9 Å². The van der Waals surface area contributed by atoms with E-state index in [0.29, 0.717) is 20.8 Å². The zero-order chi connectivity index (χ0) is 23.0. The number of rotatable bonds is 5. The monoisotopic (exact) mass is 507 g/mol. The van der Waals surface area contributed by atoms with Gasteiger partial charge >= 0.3 is 0 Å². The van der Waals surface area contributed by atoms with Crippen molar-refractivity contribution < 1.29 is 8.42 Å². The molecule has 0 aromatic heterocycles. The first-order valence-corrected chi connectivity index (χ1v) is 12.3. The minimum Gasteiger partial charge on any atom is -0.378 e. The molecule has 1 unspecified atom stereocenters. The van der Waals surface area contributed by atoms with E-state index < -0.39 is 10.0 Å². The van der Waals surface area contributed by atoms with Crippen LogP contribution in [0.3, 0.4) is 0 Å². The van der Waals surface area contributed by atoms with Crippen LogP contribution in [0.5, 0.6) is 0 Å². The molecule has 5 nitrogen and oxygen atoms in total. The Morgan fingerprint density at radius 1 is 0.906 bits per heavy atom. The minimum atomic E-state index is -3.86. The van der Waals surface area contributed by atoms with Gasteiger partial charge in [0, 0.05) is 36.3 Å². The number of hydrogen-bond donors (Lipinski definition) is 0.